The number of amides is 1. The number of benzene rings is 2. The van der Waals surface area contributed by atoms with Crippen LogP contribution in [0.4, 0.5) is 5.69 Å². The lowest BCUT2D eigenvalue weighted by atomic mass is 9.97. The van der Waals surface area contributed by atoms with Gasteiger partial charge in [0.05, 0.1) is 33.8 Å². The average molecular weight is 453 g/mol. The minimum atomic E-state index is -0.103. The predicted octanol–water partition coefficient (Wildman–Crippen LogP) is 3.61. The first-order chi connectivity index (χ1) is 16.1. The Kier molecular flexibility index (Phi) is 7.09. The van der Waals surface area contributed by atoms with Crippen LogP contribution < -0.4 is 19.5 Å². The molecule has 0 bridgehead atoms. The molecule has 1 saturated heterocycles. The van der Waals surface area contributed by atoms with Gasteiger partial charge in [-0.15, -0.1) is 0 Å². The van der Waals surface area contributed by atoms with E-state index in [1.807, 2.05) is 36.4 Å². The maximum atomic E-state index is 12.8. The zero-order valence-corrected chi connectivity index (χ0v) is 19.0. The summed E-state index contributed by atoms with van der Waals surface area (Å²) < 4.78 is 21.3. The van der Waals surface area contributed by atoms with Crippen LogP contribution in [0.25, 0.3) is 11.4 Å². The number of methoxy groups -OCH3 is 3. The highest BCUT2D eigenvalue weighted by Crippen LogP contribution is 2.31. The van der Waals surface area contributed by atoms with Crippen molar-refractivity contribution in [3.63, 3.8) is 0 Å². The molecule has 9 nitrogen and oxygen atoms in total. The van der Waals surface area contributed by atoms with Gasteiger partial charge in [0.2, 0.25) is 17.6 Å². The number of nitrogens with zero attached hydrogens (tertiary/aromatic N) is 3. The van der Waals surface area contributed by atoms with Gasteiger partial charge in [0.25, 0.3) is 0 Å². The minimum absolute atomic E-state index is 0.0152. The third kappa shape index (κ3) is 5.43. The highest BCUT2D eigenvalue weighted by molar-refractivity contribution is 5.92. The molecule has 1 amide bonds. The van der Waals surface area contributed by atoms with E-state index in [2.05, 4.69) is 20.4 Å². The first-order valence-electron chi connectivity index (χ1n) is 10.8. The smallest absolute Gasteiger partial charge is 0.241 e. The van der Waals surface area contributed by atoms with Crippen molar-refractivity contribution < 1.29 is 23.5 Å². The second kappa shape index (κ2) is 10.4. The van der Waals surface area contributed by atoms with Gasteiger partial charge < -0.3 is 24.1 Å². The first kappa shape index (κ1) is 22.6. The molecule has 1 aromatic heterocycles. The SMILES string of the molecule is COc1ccc(NC(=O)[C@@H]2CCCN(Cc3nc(-c4ccc(OC)c(OC)c4)no3)C2)cc1. The summed E-state index contributed by atoms with van der Waals surface area (Å²) in [5, 5.41) is 7.11. The van der Waals surface area contributed by atoms with Crippen molar-refractivity contribution >= 4 is 11.6 Å². The molecule has 2 heterocycles. The third-order valence-electron chi connectivity index (χ3n) is 5.70. The van der Waals surface area contributed by atoms with Gasteiger partial charge in [0.1, 0.15) is 5.75 Å². The van der Waals surface area contributed by atoms with Gasteiger partial charge in [-0.2, -0.15) is 4.98 Å². The van der Waals surface area contributed by atoms with Crippen LogP contribution in [0.2, 0.25) is 0 Å². The largest absolute Gasteiger partial charge is 0.497 e. The second-order valence-corrected chi connectivity index (χ2v) is 7.87. The summed E-state index contributed by atoms with van der Waals surface area (Å²) in [7, 11) is 4.79. The summed E-state index contributed by atoms with van der Waals surface area (Å²) >= 11 is 0. The number of carbonyl (C=O) groups excluding carboxylic acids is 1. The fraction of sp³-hybridized carbons (Fsp3) is 0.375. The number of nitrogens with one attached hydrogen (secondary N) is 1. The van der Waals surface area contributed by atoms with Crippen LogP contribution in [0.1, 0.15) is 18.7 Å². The van der Waals surface area contributed by atoms with E-state index in [1.54, 1.807) is 27.4 Å². The minimum Gasteiger partial charge on any atom is -0.497 e. The molecule has 174 valence electrons. The predicted molar refractivity (Wildman–Crippen MR) is 122 cm³/mol. The lowest BCUT2D eigenvalue weighted by Gasteiger charge is -2.30. The van der Waals surface area contributed by atoms with Crippen molar-refractivity contribution in [3.8, 4) is 28.6 Å². The summed E-state index contributed by atoms with van der Waals surface area (Å²) in [5.74, 6) is 2.90. The Morgan fingerprint density at radius 1 is 1.09 bits per heavy atom. The summed E-state index contributed by atoms with van der Waals surface area (Å²) in [6.07, 6.45) is 1.77. The maximum Gasteiger partial charge on any atom is 0.241 e. The van der Waals surface area contributed by atoms with Crippen LogP contribution in [0.5, 0.6) is 17.2 Å². The molecule has 9 heteroatoms. The molecule has 1 fully saturated rings. The highest BCUT2D eigenvalue weighted by Gasteiger charge is 2.27. The van der Waals surface area contributed by atoms with Crippen LogP contribution in [-0.2, 0) is 11.3 Å². The van der Waals surface area contributed by atoms with Gasteiger partial charge >= 0.3 is 0 Å². The molecule has 1 aliphatic rings. The van der Waals surface area contributed by atoms with E-state index in [-0.39, 0.29) is 11.8 Å². The lowest BCUT2D eigenvalue weighted by Crippen LogP contribution is -2.40. The zero-order chi connectivity index (χ0) is 23.2. The first-order valence-corrected chi connectivity index (χ1v) is 10.8. The molecule has 0 saturated carbocycles. The summed E-state index contributed by atoms with van der Waals surface area (Å²) in [4.78, 5) is 19.5. The Morgan fingerprint density at radius 2 is 1.88 bits per heavy atom. The molecule has 1 atom stereocenters. The third-order valence-corrected chi connectivity index (χ3v) is 5.70. The van der Waals surface area contributed by atoms with Crippen LogP contribution in [0, 0.1) is 5.92 Å². The van der Waals surface area contributed by atoms with Crippen LogP contribution in [-0.4, -0.2) is 55.4 Å². The number of ether oxygens (including phenoxy) is 3. The quantitative estimate of drug-likeness (QED) is 0.553. The normalized spacial score (nSPS) is 16.3. The van der Waals surface area contributed by atoms with Gasteiger partial charge in [-0.25, -0.2) is 0 Å². The van der Waals surface area contributed by atoms with Crippen LogP contribution in [0.15, 0.2) is 47.0 Å². The van der Waals surface area contributed by atoms with E-state index >= 15 is 0 Å². The van der Waals surface area contributed by atoms with Crippen molar-refractivity contribution in [1.82, 2.24) is 15.0 Å². The standard InChI is InChI=1S/C24H28N4O5/c1-30-19-9-7-18(8-10-19)25-24(29)17-5-4-12-28(14-17)15-22-26-23(27-33-22)16-6-11-20(31-2)21(13-16)32-3/h6-11,13,17H,4-5,12,14-15H2,1-3H3,(H,25,29)/t17-/m1/s1. The van der Waals surface area contributed by atoms with Gasteiger partial charge in [0, 0.05) is 17.8 Å². The number of aromatic nitrogens is 2. The number of hydrogen-bond donors (Lipinski definition) is 1. The molecule has 2 aromatic carbocycles. The molecular weight excluding hydrogens is 424 g/mol. The Labute approximate surface area is 192 Å². The molecular formula is C24H28N4O5. The Morgan fingerprint density at radius 3 is 2.61 bits per heavy atom. The molecule has 0 aliphatic carbocycles. The van der Waals surface area contributed by atoms with Crippen molar-refractivity contribution in [3.05, 3.63) is 48.4 Å². The maximum absolute atomic E-state index is 12.8. The number of rotatable bonds is 8. The summed E-state index contributed by atoms with van der Waals surface area (Å²) in [6.45, 7) is 2.00. The lowest BCUT2D eigenvalue weighted by molar-refractivity contribution is -0.121. The van der Waals surface area contributed by atoms with Crippen molar-refractivity contribution in [2.24, 2.45) is 5.92 Å². The zero-order valence-electron chi connectivity index (χ0n) is 19.0. The van der Waals surface area contributed by atoms with Gasteiger partial charge in [-0.05, 0) is 61.9 Å². The molecule has 4 rings (SSSR count). The number of likely N-dealkylation sites (tertiary alicyclic amines) is 1. The molecule has 0 radical (unpaired) electrons. The monoisotopic (exact) mass is 452 g/mol. The summed E-state index contributed by atoms with van der Waals surface area (Å²) in [5.41, 5.74) is 1.53. The van der Waals surface area contributed by atoms with E-state index in [9.17, 15) is 4.79 Å². The Bertz CT molecular complexity index is 1080. The number of anilines is 1. The number of hydrogen-bond acceptors (Lipinski definition) is 8. The van der Waals surface area contributed by atoms with Crippen LogP contribution in [0.3, 0.4) is 0 Å². The molecule has 1 N–H and O–H groups in total. The fourth-order valence-corrected chi connectivity index (χ4v) is 3.93. The molecule has 33 heavy (non-hydrogen) atoms. The fourth-order valence-electron chi connectivity index (χ4n) is 3.93. The number of carbonyl (C=O) groups is 1. The van der Waals surface area contributed by atoms with Gasteiger partial charge in [-0.3, -0.25) is 9.69 Å². The topological polar surface area (TPSA) is 99.0 Å². The van der Waals surface area contributed by atoms with E-state index < -0.39 is 0 Å². The van der Waals surface area contributed by atoms with E-state index in [4.69, 9.17) is 18.7 Å². The highest BCUT2D eigenvalue weighted by atomic mass is 16.5. The Balaban J connectivity index is 1.36. The number of piperidine rings is 1. The molecule has 0 spiro atoms. The Hall–Kier alpha value is -3.59. The molecule has 0 unspecified atom stereocenters. The van der Waals surface area contributed by atoms with Crippen molar-refractivity contribution in [2.75, 3.05) is 39.7 Å². The van der Waals surface area contributed by atoms with Crippen molar-refractivity contribution in [2.45, 2.75) is 19.4 Å². The molecule has 1 aliphatic heterocycles. The van der Waals surface area contributed by atoms with Gasteiger partial charge in [0.15, 0.2) is 11.5 Å². The average Bonchev–Trinajstić information content (AvgIpc) is 3.32. The summed E-state index contributed by atoms with van der Waals surface area (Å²) in [6, 6.07) is 12.8. The van der Waals surface area contributed by atoms with E-state index in [0.29, 0.717) is 36.3 Å². The second-order valence-electron chi connectivity index (χ2n) is 7.87. The van der Waals surface area contributed by atoms with Crippen LogP contribution >= 0.6 is 0 Å². The van der Waals surface area contributed by atoms with Crippen molar-refractivity contribution in [1.29, 1.82) is 0 Å². The van der Waals surface area contributed by atoms with E-state index in [1.165, 1.54) is 0 Å². The van der Waals surface area contributed by atoms with E-state index in [0.717, 1.165) is 36.4 Å². The molecule has 3 aromatic rings. The van der Waals surface area contributed by atoms with Gasteiger partial charge in [-0.1, -0.05) is 5.16 Å².